The molecule has 2 aromatic heterocycles. The predicted molar refractivity (Wildman–Crippen MR) is 147 cm³/mol. The number of ether oxygens (including phenoxy) is 2. The summed E-state index contributed by atoms with van der Waals surface area (Å²) in [6.45, 7) is 3.57. The minimum Gasteiger partial charge on any atom is -0.454 e. The molecule has 1 fully saturated rings. The Labute approximate surface area is 227 Å². The zero-order valence-corrected chi connectivity index (χ0v) is 22.7. The van der Waals surface area contributed by atoms with E-state index in [0.29, 0.717) is 28.2 Å². The van der Waals surface area contributed by atoms with Crippen molar-refractivity contribution in [3.05, 3.63) is 58.0 Å². The lowest BCUT2D eigenvalue weighted by Crippen LogP contribution is -2.38. The van der Waals surface area contributed by atoms with Gasteiger partial charge >= 0.3 is 0 Å². The fourth-order valence-corrected chi connectivity index (χ4v) is 5.25. The minimum atomic E-state index is -0.826. The molecule has 1 saturated carbocycles. The Hall–Kier alpha value is -4.10. The summed E-state index contributed by atoms with van der Waals surface area (Å²) in [7, 11) is 3.69. The molecule has 0 radical (unpaired) electrons. The largest absolute Gasteiger partial charge is 0.454 e. The van der Waals surface area contributed by atoms with Gasteiger partial charge in [0, 0.05) is 37.7 Å². The molecular formula is C29H33N5O5. The van der Waals surface area contributed by atoms with Crippen LogP contribution in [0.2, 0.25) is 0 Å². The van der Waals surface area contributed by atoms with Crippen LogP contribution in [0.25, 0.3) is 11.0 Å². The Bertz CT molecular complexity index is 1510. The number of para-hydroxylation sites is 1. The Morgan fingerprint density at radius 1 is 1.26 bits per heavy atom. The van der Waals surface area contributed by atoms with Crippen LogP contribution in [0.3, 0.4) is 0 Å². The van der Waals surface area contributed by atoms with Crippen molar-refractivity contribution < 1.29 is 19.4 Å². The van der Waals surface area contributed by atoms with Gasteiger partial charge in [0.1, 0.15) is 17.3 Å². The van der Waals surface area contributed by atoms with Crippen LogP contribution in [0, 0.1) is 17.2 Å². The van der Waals surface area contributed by atoms with Crippen LogP contribution >= 0.6 is 0 Å². The second-order valence-corrected chi connectivity index (χ2v) is 10.7. The van der Waals surface area contributed by atoms with E-state index in [1.807, 2.05) is 25.2 Å². The van der Waals surface area contributed by atoms with E-state index in [1.54, 1.807) is 43.7 Å². The van der Waals surface area contributed by atoms with E-state index in [0.717, 1.165) is 42.6 Å². The van der Waals surface area contributed by atoms with E-state index in [2.05, 4.69) is 21.1 Å². The number of aromatic nitrogens is 2. The van der Waals surface area contributed by atoms with Gasteiger partial charge in [0.15, 0.2) is 17.1 Å². The second kappa shape index (κ2) is 10.6. The van der Waals surface area contributed by atoms with Crippen LogP contribution in [0.15, 0.2) is 46.3 Å². The molecule has 0 unspecified atom stereocenters. The summed E-state index contributed by atoms with van der Waals surface area (Å²) in [4.78, 5) is 25.2. The maximum Gasteiger partial charge on any atom is 0.252 e. The summed E-state index contributed by atoms with van der Waals surface area (Å²) < 4.78 is 12.9. The van der Waals surface area contributed by atoms with Crippen molar-refractivity contribution in [2.24, 2.45) is 18.1 Å². The standard InChI is InChI=1S/C29H33N5O5/c1-29(2,16-35)39-32-26(21-6-5-7-24-28(21)38-17-37-24)18-8-11-20(12-9-18)33(3)23-14-25(36)34(4)22-13-10-19(15-30)31-27(22)23/h5-7,10,13-14,18,20,35H,8-9,11-12,16-17H2,1-4H3/b32-26+/t18-,20+. The lowest BCUT2D eigenvalue weighted by molar-refractivity contribution is -0.0520. The second-order valence-electron chi connectivity index (χ2n) is 10.7. The number of benzene rings is 1. The number of aliphatic hydroxyl groups is 1. The van der Waals surface area contributed by atoms with Gasteiger partial charge in [0.05, 0.1) is 23.5 Å². The highest BCUT2D eigenvalue weighted by Gasteiger charge is 2.33. The number of hydrogen-bond acceptors (Lipinski definition) is 9. The fraction of sp³-hybridized carbons (Fsp3) is 0.448. The van der Waals surface area contributed by atoms with Gasteiger partial charge in [-0.15, -0.1) is 0 Å². The van der Waals surface area contributed by atoms with E-state index in [-0.39, 0.29) is 30.9 Å². The van der Waals surface area contributed by atoms with E-state index in [9.17, 15) is 15.2 Å². The van der Waals surface area contributed by atoms with Crippen molar-refractivity contribution in [3.8, 4) is 17.6 Å². The molecule has 39 heavy (non-hydrogen) atoms. The van der Waals surface area contributed by atoms with Crippen molar-refractivity contribution >= 4 is 22.4 Å². The monoisotopic (exact) mass is 531 g/mol. The molecule has 1 aromatic carbocycles. The molecule has 1 N–H and O–H groups in total. The van der Waals surface area contributed by atoms with Crippen LogP contribution in [-0.2, 0) is 11.9 Å². The molecule has 5 rings (SSSR count). The molecule has 0 saturated heterocycles. The summed E-state index contributed by atoms with van der Waals surface area (Å²) in [6.07, 6.45) is 3.37. The first-order valence-corrected chi connectivity index (χ1v) is 13.1. The number of anilines is 1. The van der Waals surface area contributed by atoms with Crippen molar-refractivity contribution in [2.45, 2.75) is 51.2 Å². The number of aryl methyl sites for hydroxylation is 1. The smallest absolute Gasteiger partial charge is 0.252 e. The zero-order chi connectivity index (χ0) is 27.7. The highest BCUT2D eigenvalue weighted by molar-refractivity contribution is 6.05. The third kappa shape index (κ3) is 5.14. The van der Waals surface area contributed by atoms with Gasteiger partial charge in [-0.1, -0.05) is 11.2 Å². The number of fused-ring (bicyclic) bond motifs is 2. The maximum atomic E-state index is 12.7. The Kier molecular flexibility index (Phi) is 7.19. The molecule has 2 aliphatic rings. The molecule has 1 aliphatic heterocycles. The first-order chi connectivity index (χ1) is 18.7. The quantitative estimate of drug-likeness (QED) is 0.362. The number of hydrogen-bond donors (Lipinski definition) is 1. The van der Waals surface area contributed by atoms with Gasteiger partial charge in [-0.05, 0) is 63.8 Å². The first kappa shape index (κ1) is 26.5. The highest BCUT2D eigenvalue weighted by Crippen LogP contribution is 2.40. The van der Waals surface area contributed by atoms with Gasteiger partial charge in [-0.3, -0.25) is 4.79 Å². The van der Waals surface area contributed by atoms with Crippen molar-refractivity contribution in [1.82, 2.24) is 9.55 Å². The summed E-state index contributed by atoms with van der Waals surface area (Å²) in [5.41, 5.74) is 3.03. The van der Waals surface area contributed by atoms with Crippen LogP contribution in [0.4, 0.5) is 5.69 Å². The number of nitrogens with zero attached hydrogens (tertiary/aromatic N) is 5. The number of rotatable bonds is 7. The molecule has 0 bridgehead atoms. The van der Waals surface area contributed by atoms with Crippen LogP contribution in [0.5, 0.6) is 11.5 Å². The SMILES string of the molecule is Cn1c(=O)cc(N(C)[C@H]2CC[C@@H](/C(=N\OC(C)(C)CO)c3cccc4c3OCO4)CC2)c2nc(C#N)ccc21. The zero-order valence-electron chi connectivity index (χ0n) is 22.7. The summed E-state index contributed by atoms with van der Waals surface area (Å²) in [5.74, 6) is 1.44. The summed E-state index contributed by atoms with van der Waals surface area (Å²) in [5, 5.41) is 23.7. The Morgan fingerprint density at radius 2 is 2.03 bits per heavy atom. The Morgan fingerprint density at radius 3 is 2.74 bits per heavy atom. The van der Waals surface area contributed by atoms with E-state index >= 15 is 0 Å². The highest BCUT2D eigenvalue weighted by atomic mass is 16.7. The van der Waals surface area contributed by atoms with Gasteiger partial charge in [0.2, 0.25) is 6.79 Å². The van der Waals surface area contributed by atoms with E-state index in [4.69, 9.17) is 14.3 Å². The summed E-state index contributed by atoms with van der Waals surface area (Å²) >= 11 is 0. The van der Waals surface area contributed by atoms with Crippen molar-refractivity contribution in [3.63, 3.8) is 0 Å². The fourth-order valence-electron chi connectivity index (χ4n) is 5.25. The topological polar surface area (TPSA) is 122 Å². The molecule has 3 heterocycles. The van der Waals surface area contributed by atoms with Gasteiger partial charge in [-0.25, -0.2) is 4.98 Å². The van der Waals surface area contributed by atoms with Crippen LogP contribution < -0.4 is 19.9 Å². The third-order valence-corrected chi connectivity index (χ3v) is 7.64. The minimum absolute atomic E-state index is 0.101. The molecular weight excluding hydrogens is 498 g/mol. The molecule has 204 valence electrons. The molecule has 0 amide bonds. The molecule has 0 atom stereocenters. The third-order valence-electron chi connectivity index (χ3n) is 7.64. The summed E-state index contributed by atoms with van der Waals surface area (Å²) in [6, 6.07) is 13.0. The average molecular weight is 532 g/mol. The molecule has 0 spiro atoms. The normalized spacial score (nSPS) is 19.1. The predicted octanol–water partition coefficient (Wildman–Crippen LogP) is 3.72. The number of aliphatic hydroxyl groups excluding tert-OH is 1. The average Bonchev–Trinajstić information content (AvgIpc) is 3.44. The van der Waals surface area contributed by atoms with Gasteiger partial charge in [-0.2, -0.15) is 5.26 Å². The Balaban J connectivity index is 1.42. The van der Waals surface area contributed by atoms with Gasteiger partial charge < -0.3 is 28.9 Å². The number of nitriles is 1. The maximum absolute atomic E-state index is 12.7. The number of oxime groups is 1. The van der Waals surface area contributed by atoms with Crippen molar-refractivity contribution in [2.75, 3.05) is 25.3 Å². The van der Waals surface area contributed by atoms with Crippen molar-refractivity contribution in [1.29, 1.82) is 5.26 Å². The molecule has 3 aromatic rings. The first-order valence-electron chi connectivity index (χ1n) is 13.1. The van der Waals surface area contributed by atoms with E-state index < -0.39 is 5.60 Å². The molecule has 1 aliphatic carbocycles. The lowest BCUT2D eigenvalue weighted by Gasteiger charge is -2.36. The number of pyridine rings is 2. The van der Waals surface area contributed by atoms with E-state index in [1.165, 1.54) is 0 Å². The van der Waals surface area contributed by atoms with Crippen LogP contribution in [0.1, 0.15) is 50.8 Å². The lowest BCUT2D eigenvalue weighted by atomic mass is 9.80. The van der Waals surface area contributed by atoms with Crippen LogP contribution in [-0.4, -0.2) is 52.5 Å². The van der Waals surface area contributed by atoms with Gasteiger partial charge in [0.25, 0.3) is 5.56 Å². The molecule has 10 nitrogen and oxygen atoms in total. The molecule has 10 heteroatoms.